The van der Waals surface area contributed by atoms with Crippen molar-refractivity contribution in [3.63, 3.8) is 0 Å². The molecule has 2 aliphatic carbocycles. The predicted molar refractivity (Wildman–Crippen MR) is 114 cm³/mol. The van der Waals surface area contributed by atoms with Gasteiger partial charge in [0.1, 0.15) is 0 Å². The number of hydrogen-bond acceptors (Lipinski definition) is 3. The van der Waals surface area contributed by atoms with Crippen LogP contribution in [-0.4, -0.2) is 60.4 Å². The third-order valence-corrected chi connectivity index (χ3v) is 7.07. The van der Waals surface area contributed by atoms with Gasteiger partial charge in [-0.1, -0.05) is 12.8 Å². The Hall–Kier alpha value is -2.57. The zero-order valence-corrected chi connectivity index (χ0v) is 17.8. The first-order chi connectivity index (χ1) is 14.4. The summed E-state index contributed by atoms with van der Waals surface area (Å²) in [5.74, 6) is 1.89. The van der Waals surface area contributed by atoms with Gasteiger partial charge in [0.05, 0.1) is 11.4 Å². The van der Waals surface area contributed by atoms with Crippen molar-refractivity contribution < 1.29 is 14.4 Å². The first kappa shape index (κ1) is 19.4. The average molecular weight is 411 g/mol. The van der Waals surface area contributed by atoms with E-state index in [0.29, 0.717) is 28.8 Å². The molecule has 1 saturated heterocycles. The van der Waals surface area contributed by atoms with E-state index in [1.165, 1.54) is 19.3 Å². The normalized spacial score (nSPS) is 27.1. The van der Waals surface area contributed by atoms with E-state index in [4.69, 9.17) is 0 Å². The van der Waals surface area contributed by atoms with Crippen molar-refractivity contribution in [3.05, 3.63) is 23.8 Å². The number of hydrogen-bond donors (Lipinski definition) is 1. The lowest BCUT2D eigenvalue weighted by Crippen LogP contribution is -2.47. The number of fused-ring (bicyclic) bond motifs is 2. The van der Waals surface area contributed by atoms with Crippen LogP contribution in [0.1, 0.15) is 49.4 Å². The van der Waals surface area contributed by atoms with Gasteiger partial charge in [0.2, 0.25) is 5.91 Å². The van der Waals surface area contributed by atoms with Crippen molar-refractivity contribution in [2.75, 3.05) is 36.9 Å². The lowest BCUT2D eigenvalue weighted by atomic mass is 10.1. The highest BCUT2D eigenvalue weighted by Crippen LogP contribution is 2.46. The van der Waals surface area contributed by atoms with Gasteiger partial charge in [-0.25, -0.2) is 4.79 Å². The summed E-state index contributed by atoms with van der Waals surface area (Å²) in [4.78, 5) is 44.1. The maximum Gasteiger partial charge on any atom is 0.324 e. The second kappa shape index (κ2) is 7.29. The number of anilines is 2. The van der Waals surface area contributed by atoms with Crippen molar-refractivity contribution >= 4 is 29.2 Å². The summed E-state index contributed by atoms with van der Waals surface area (Å²) in [6.07, 6.45) is 5.06. The number of nitrogens with zero attached hydrogens (tertiary/aromatic N) is 3. The molecule has 1 aromatic carbocycles. The van der Waals surface area contributed by atoms with Crippen molar-refractivity contribution in [3.8, 4) is 0 Å². The fourth-order valence-corrected chi connectivity index (χ4v) is 4.88. The molecule has 2 aliphatic heterocycles. The lowest BCUT2D eigenvalue weighted by molar-refractivity contribution is -0.116. The second-order valence-corrected chi connectivity index (χ2v) is 9.61. The van der Waals surface area contributed by atoms with Crippen LogP contribution < -0.4 is 10.2 Å². The van der Waals surface area contributed by atoms with E-state index in [0.717, 1.165) is 32.0 Å². The molecule has 5 rings (SSSR count). The summed E-state index contributed by atoms with van der Waals surface area (Å²) >= 11 is 0. The van der Waals surface area contributed by atoms with Gasteiger partial charge in [-0.3, -0.25) is 14.5 Å². The molecule has 160 valence electrons. The molecule has 4 amide bonds. The highest BCUT2D eigenvalue weighted by atomic mass is 16.2. The van der Waals surface area contributed by atoms with Gasteiger partial charge in [-0.05, 0) is 55.7 Å². The van der Waals surface area contributed by atoms with Gasteiger partial charge in [0.15, 0.2) is 0 Å². The Bertz CT molecular complexity index is 886. The third kappa shape index (κ3) is 3.66. The number of carbonyl (C=O) groups excluding carboxylic acids is 3. The summed E-state index contributed by atoms with van der Waals surface area (Å²) in [5, 5.41) is 2.92. The third-order valence-electron chi connectivity index (χ3n) is 7.07. The smallest absolute Gasteiger partial charge is 0.324 e. The fourth-order valence-electron chi connectivity index (χ4n) is 4.88. The molecular weight excluding hydrogens is 380 g/mol. The molecule has 2 unspecified atom stereocenters. The number of carbonyl (C=O) groups is 3. The fraction of sp³-hybridized carbons (Fsp3) is 0.609. The number of nitrogens with one attached hydrogen (secondary N) is 1. The van der Waals surface area contributed by atoms with Crippen molar-refractivity contribution in [2.45, 2.75) is 45.1 Å². The van der Waals surface area contributed by atoms with E-state index in [9.17, 15) is 14.4 Å². The van der Waals surface area contributed by atoms with Crippen LogP contribution in [-0.2, 0) is 4.79 Å². The van der Waals surface area contributed by atoms with Gasteiger partial charge in [0, 0.05) is 44.7 Å². The minimum absolute atomic E-state index is 0.0342. The maximum atomic E-state index is 13.3. The first-order valence-electron chi connectivity index (χ1n) is 11.2. The molecule has 0 radical (unpaired) electrons. The average Bonchev–Trinajstić information content (AvgIpc) is 3.65. The lowest BCUT2D eigenvalue weighted by Gasteiger charge is -2.32. The topological polar surface area (TPSA) is 73.0 Å². The van der Waals surface area contributed by atoms with Crippen LogP contribution in [0.5, 0.6) is 0 Å². The van der Waals surface area contributed by atoms with Crippen molar-refractivity contribution in [1.82, 2.24) is 9.80 Å². The Morgan fingerprint density at radius 3 is 2.63 bits per heavy atom. The number of amides is 4. The quantitative estimate of drug-likeness (QED) is 0.829. The van der Waals surface area contributed by atoms with Gasteiger partial charge in [0.25, 0.3) is 5.91 Å². The molecule has 1 N–H and O–H groups in total. The van der Waals surface area contributed by atoms with E-state index < -0.39 is 0 Å². The predicted octanol–water partition coefficient (Wildman–Crippen LogP) is 3.17. The van der Waals surface area contributed by atoms with E-state index in [1.807, 2.05) is 24.9 Å². The molecule has 1 aromatic rings. The number of benzene rings is 1. The van der Waals surface area contributed by atoms with Crippen molar-refractivity contribution in [1.29, 1.82) is 0 Å². The molecule has 0 aromatic heterocycles. The highest BCUT2D eigenvalue weighted by Gasteiger charge is 2.48. The molecule has 30 heavy (non-hydrogen) atoms. The summed E-state index contributed by atoms with van der Waals surface area (Å²) in [6.45, 7) is 4.28. The standard InChI is InChI=1S/C23H30N4O3/c1-14-9-21(28)24-19-11-16(22(29)25(2)8-7-15-3-4-15)5-6-20(19)27(14)23(30)26-12-17-10-18(17)13-26/h5-6,11,14-15,17-18H,3-4,7-10,12-13H2,1-2H3,(H,24,28)/t14-,17?,18?/m1/s1. The summed E-state index contributed by atoms with van der Waals surface area (Å²) in [5.41, 5.74) is 1.76. The van der Waals surface area contributed by atoms with E-state index in [-0.39, 0.29) is 30.3 Å². The van der Waals surface area contributed by atoms with Crippen LogP contribution >= 0.6 is 0 Å². The van der Waals surface area contributed by atoms with Gasteiger partial charge < -0.3 is 15.1 Å². The largest absolute Gasteiger partial charge is 0.342 e. The minimum Gasteiger partial charge on any atom is -0.342 e. The van der Waals surface area contributed by atoms with Gasteiger partial charge in [-0.2, -0.15) is 0 Å². The molecular formula is C23H30N4O3. The zero-order chi connectivity index (χ0) is 21.0. The summed E-state index contributed by atoms with van der Waals surface area (Å²) in [7, 11) is 1.82. The molecule has 4 aliphatic rings. The second-order valence-electron chi connectivity index (χ2n) is 9.61. The van der Waals surface area contributed by atoms with Crippen LogP contribution in [0.3, 0.4) is 0 Å². The molecule has 7 nitrogen and oxygen atoms in total. The van der Waals surface area contributed by atoms with Crippen LogP contribution in [0, 0.1) is 17.8 Å². The van der Waals surface area contributed by atoms with E-state index >= 15 is 0 Å². The SMILES string of the molecule is C[C@@H]1CC(=O)Nc2cc(C(=O)N(C)CCC3CC3)ccc2N1C(=O)N1CC2CC2C1. The van der Waals surface area contributed by atoms with Crippen molar-refractivity contribution in [2.24, 2.45) is 17.8 Å². The molecule has 0 spiro atoms. The van der Waals surface area contributed by atoms with Gasteiger partial charge in [-0.15, -0.1) is 0 Å². The zero-order valence-electron chi connectivity index (χ0n) is 17.8. The number of piperidine rings is 1. The highest BCUT2D eigenvalue weighted by molar-refractivity contribution is 6.06. The van der Waals surface area contributed by atoms with Crippen LogP contribution in [0.25, 0.3) is 0 Å². The molecule has 7 heteroatoms. The van der Waals surface area contributed by atoms with E-state index in [2.05, 4.69) is 5.32 Å². The summed E-state index contributed by atoms with van der Waals surface area (Å²) in [6, 6.07) is 5.05. The molecule has 2 saturated carbocycles. The summed E-state index contributed by atoms with van der Waals surface area (Å²) < 4.78 is 0. The van der Waals surface area contributed by atoms with Crippen LogP contribution in [0.4, 0.5) is 16.2 Å². The Morgan fingerprint density at radius 2 is 1.93 bits per heavy atom. The van der Waals surface area contributed by atoms with Gasteiger partial charge >= 0.3 is 6.03 Å². The molecule has 3 fully saturated rings. The monoisotopic (exact) mass is 410 g/mol. The Balaban J connectivity index is 1.39. The molecule has 3 atom stereocenters. The molecule has 2 heterocycles. The Labute approximate surface area is 177 Å². The first-order valence-corrected chi connectivity index (χ1v) is 11.2. The number of likely N-dealkylation sites (tertiary alicyclic amines) is 1. The van der Waals surface area contributed by atoms with Crippen LogP contribution in [0.15, 0.2) is 18.2 Å². The maximum absolute atomic E-state index is 13.3. The number of rotatable bonds is 4. The Morgan fingerprint density at radius 1 is 1.20 bits per heavy atom. The minimum atomic E-state index is -0.238. The molecule has 0 bridgehead atoms. The van der Waals surface area contributed by atoms with Crippen LogP contribution in [0.2, 0.25) is 0 Å². The number of urea groups is 1. The Kier molecular flexibility index (Phi) is 4.71. The van der Waals surface area contributed by atoms with E-state index in [1.54, 1.807) is 21.9 Å².